The van der Waals surface area contributed by atoms with Crippen LogP contribution in [-0.2, 0) is 4.79 Å². The molecule has 0 unspecified atom stereocenters. The molecule has 3 aromatic rings. The molecule has 0 aromatic heterocycles. The van der Waals surface area contributed by atoms with Crippen LogP contribution >= 0.6 is 0 Å². The number of hydrogen-bond donors (Lipinski definition) is 1. The lowest BCUT2D eigenvalue weighted by molar-refractivity contribution is -0.116. The predicted octanol–water partition coefficient (Wildman–Crippen LogP) is 5.98. The van der Waals surface area contributed by atoms with Crippen molar-refractivity contribution in [3.63, 3.8) is 0 Å². The molecule has 30 heavy (non-hydrogen) atoms. The second-order valence-electron chi connectivity index (χ2n) is 6.85. The van der Waals surface area contributed by atoms with Gasteiger partial charge in [-0.15, -0.1) is 0 Å². The van der Waals surface area contributed by atoms with Crippen LogP contribution in [0.4, 0.5) is 5.69 Å². The highest BCUT2D eigenvalue weighted by molar-refractivity contribution is 5.90. The molecule has 1 N–H and O–H groups in total. The van der Waals surface area contributed by atoms with E-state index < -0.39 is 0 Å². The molecule has 0 aliphatic rings. The van der Waals surface area contributed by atoms with Crippen LogP contribution < -0.4 is 19.5 Å². The van der Waals surface area contributed by atoms with Gasteiger partial charge in [-0.3, -0.25) is 4.79 Å². The first-order valence-corrected chi connectivity index (χ1v) is 10.1. The van der Waals surface area contributed by atoms with E-state index in [9.17, 15) is 4.79 Å². The van der Waals surface area contributed by atoms with Gasteiger partial charge in [0.25, 0.3) is 0 Å². The van der Waals surface area contributed by atoms with Crippen LogP contribution in [0.3, 0.4) is 0 Å². The number of aryl methyl sites for hydroxylation is 1. The predicted molar refractivity (Wildman–Crippen MR) is 119 cm³/mol. The molecular formula is C25H27NO4. The van der Waals surface area contributed by atoms with Crippen molar-refractivity contribution < 1.29 is 19.0 Å². The Bertz CT molecular complexity index is 936. The summed E-state index contributed by atoms with van der Waals surface area (Å²) < 4.78 is 16.9. The molecule has 156 valence electrons. The first kappa shape index (κ1) is 21.2. The fourth-order valence-corrected chi connectivity index (χ4v) is 2.87. The molecular weight excluding hydrogens is 378 g/mol. The van der Waals surface area contributed by atoms with Crippen LogP contribution in [-0.4, -0.2) is 19.1 Å². The van der Waals surface area contributed by atoms with Crippen molar-refractivity contribution in [1.82, 2.24) is 0 Å². The SMILES string of the molecule is CCOc1ccc(OCCCC(=O)Nc2ccc(Oc3cccc(C)c3)cc2)cc1. The second kappa shape index (κ2) is 10.9. The Kier molecular flexibility index (Phi) is 7.72. The number of hydrogen-bond acceptors (Lipinski definition) is 4. The first-order valence-electron chi connectivity index (χ1n) is 10.1. The van der Waals surface area contributed by atoms with E-state index in [2.05, 4.69) is 5.32 Å². The van der Waals surface area contributed by atoms with Crippen LogP contribution in [0.25, 0.3) is 0 Å². The van der Waals surface area contributed by atoms with E-state index in [-0.39, 0.29) is 5.91 Å². The first-order chi connectivity index (χ1) is 14.6. The lowest BCUT2D eigenvalue weighted by Gasteiger charge is -2.09. The average Bonchev–Trinajstić information content (AvgIpc) is 2.74. The van der Waals surface area contributed by atoms with Crippen molar-refractivity contribution in [2.75, 3.05) is 18.5 Å². The summed E-state index contributed by atoms with van der Waals surface area (Å²) in [5.41, 5.74) is 1.88. The van der Waals surface area contributed by atoms with Crippen LogP contribution in [0, 0.1) is 6.92 Å². The van der Waals surface area contributed by atoms with E-state index in [1.54, 1.807) is 0 Å². The van der Waals surface area contributed by atoms with Gasteiger partial charge in [-0.25, -0.2) is 0 Å². The van der Waals surface area contributed by atoms with Crippen LogP contribution in [0.15, 0.2) is 72.8 Å². The third-order valence-electron chi connectivity index (χ3n) is 4.31. The summed E-state index contributed by atoms with van der Waals surface area (Å²) in [6.45, 7) is 5.08. The smallest absolute Gasteiger partial charge is 0.224 e. The maximum atomic E-state index is 12.1. The van der Waals surface area contributed by atoms with Gasteiger partial charge in [0.15, 0.2) is 0 Å². The molecule has 3 aromatic carbocycles. The maximum absolute atomic E-state index is 12.1. The van der Waals surface area contributed by atoms with Crippen molar-refractivity contribution in [2.24, 2.45) is 0 Å². The monoisotopic (exact) mass is 405 g/mol. The number of ether oxygens (including phenoxy) is 3. The number of carbonyl (C=O) groups excluding carboxylic acids is 1. The van der Waals surface area contributed by atoms with Gasteiger partial charge < -0.3 is 19.5 Å². The highest BCUT2D eigenvalue weighted by atomic mass is 16.5. The Morgan fingerprint density at radius 3 is 2.17 bits per heavy atom. The quantitative estimate of drug-likeness (QED) is 0.421. The second-order valence-corrected chi connectivity index (χ2v) is 6.85. The highest BCUT2D eigenvalue weighted by Crippen LogP contribution is 2.24. The lowest BCUT2D eigenvalue weighted by atomic mass is 10.2. The van der Waals surface area contributed by atoms with Gasteiger partial charge in [0.05, 0.1) is 13.2 Å². The van der Waals surface area contributed by atoms with Gasteiger partial charge in [0, 0.05) is 12.1 Å². The molecule has 0 spiro atoms. The molecule has 3 rings (SSSR count). The molecule has 0 atom stereocenters. The molecule has 0 bridgehead atoms. The van der Waals surface area contributed by atoms with E-state index in [0.717, 1.165) is 34.2 Å². The van der Waals surface area contributed by atoms with E-state index in [1.165, 1.54) is 0 Å². The molecule has 0 saturated heterocycles. The maximum Gasteiger partial charge on any atom is 0.224 e. The van der Waals surface area contributed by atoms with Crippen molar-refractivity contribution in [3.05, 3.63) is 78.4 Å². The third-order valence-corrected chi connectivity index (χ3v) is 4.31. The third kappa shape index (κ3) is 6.85. The summed E-state index contributed by atoms with van der Waals surface area (Å²) in [5, 5.41) is 2.90. The Morgan fingerprint density at radius 1 is 0.833 bits per heavy atom. The van der Waals surface area contributed by atoms with Crippen LogP contribution in [0.5, 0.6) is 23.0 Å². The molecule has 0 radical (unpaired) electrons. The molecule has 5 heteroatoms. The number of anilines is 1. The zero-order chi connectivity index (χ0) is 21.2. The number of carbonyl (C=O) groups is 1. The zero-order valence-electron chi connectivity index (χ0n) is 17.4. The van der Waals surface area contributed by atoms with E-state index in [1.807, 2.05) is 86.6 Å². The molecule has 0 aliphatic carbocycles. The van der Waals surface area contributed by atoms with Gasteiger partial charge in [0.2, 0.25) is 5.91 Å². The van der Waals surface area contributed by atoms with Crippen molar-refractivity contribution in [3.8, 4) is 23.0 Å². The fraction of sp³-hybridized carbons (Fsp3) is 0.240. The molecule has 5 nitrogen and oxygen atoms in total. The van der Waals surface area contributed by atoms with E-state index >= 15 is 0 Å². The Labute approximate surface area is 177 Å². The van der Waals surface area contributed by atoms with Gasteiger partial charge in [-0.2, -0.15) is 0 Å². The number of nitrogens with one attached hydrogen (secondary N) is 1. The highest BCUT2D eigenvalue weighted by Gasteiger charge is 2.04. The van der Waals surface area contributed by atoms with Crippen LogP contribution in [0.1, 0.15) is 25.3 Å². The van der Waals surface area contributed by atoms with E-state index in [4.69, 9.17) is 14.2 Å². The summed E-state index contributed by atoms with van der Waals surface area (Å²) in [6.07, 6.45) is 1.02. The average molecular weight is 405 g/mol. The molecule has 0 saturated carbocycles. The summed E-state index contributed by atoms with van der Waals surface area (Å²) in [7, 11) is 0. The molecule has 1 amide bonds. The summed E-state index contributed by atoms with van der Waals surface area (Å²) >= 11 is 0. The van der Waals surface area contributed by atoms with Gasteiger partial charge in [-0.1, -0.05) is 12.1 Å². The Hall–Kier alpha value is -3.47. The standard InChI is InChI=1S/C25H27NO4/c1-3-28-21-13-15-22(16-14-21)29-17-5-8-25(27)26-20-9-11-23(12-10-20)30-24-7-4-6-19(2)18-24/h4,6-7,9-16,18H,3,5,8,17H2,1-2H3,(H,26,27). The minimum absolute atomic E-state index is 0.0438. The molecule has 0 aliphatic heterocycles. The number of rotatable bonds is 10. The van der Waals surface area contributed by atoms with Gasteiger partial charge >= 0.3 is 0 Å². The number of benzene rings is 3. The summed E-state index contributed by atoms with van der Waals surface area (Å²) in [5.74, 6) is 3.06. The minimum atomic E-state index is -0.0438. The Balaban J connectivity index is 1.38. The van der Waals surface area contributed by atoms with Crippen molar-refractivity contribution in [1.29, 1.82) is 0 Å². The van der Waals surface area contributed by atoms with E-state index in [0.29, 0.717) is 26.1 Å². The molecule has 0 heterocycles. The topological polar surface area (TPSA) is 56.8 Å². The fourth-order valence-electron chi connectivity index (χ4n) is 2.87. The number of amides is 1. The summed E-state index contributed by atoms with van der Waals surface area (Å²) in [4.78, 5) is 12.1. The van der Waals surface area contributed by atoms with Gasteiger partial charge in [0.1, 0.15) is 23.0 Å². The Morgan fingerprint density at radius 2 is 1.50 bits per heavy atom. The minimum Gasteiger partial charge on any atom is -0.494 e. The summed E-state index contributed by atoms with van der Waals surface area (Å²) in [6, 6.07) is 22.7. The largest absolute Gasteiger partial charge is 0.494 e. The van der Waals surface area contributed by atoms with Crippen LogP contribution in [0.2, 0.25) is 0 Å². The molecule has 0 fully saturated rings. The van der Waals surface area contributed by atoms with Gasteiger partial charge in [-0.05, 0) is 86.5 Å². The normalized spacial score (nSPS) is 10.3. The zero-order valence-corrected chi connectivity index (χ0v) is 17.4. The van der Waals surface area contributed by atoms with Crippen molar-refractivity contribution >= 4 is 11.6 Å². The van der Waals surface area contributed by atoms with Crippen molar-refractivity contribution in [2.45, 2.75) is 26.7 Å². The lowest BCUT2D eigenvalue weighted by Crippen LogP contribution is -2.12.